The molecule has 0 radical (unpaired) electrons. The van der Waals surface area contributed by atoms with Gasteiger partial charge in [0, 0.05) is 31.4 Å². The van der Waals surface area contributed by atoms with Crippen LogP contribution in [0.5, 0.6) is 0 Å². The molecule has 3 heteroatoms. The molecule has 0 aliphatic carbocycles. The van der Waals surface area contributed by atoms with E-state index in [0.717, 1.165) is 31.1 Å². The smallest absolute Gasteiger partial charge is 0.0543 e. The second-order valence-corrected chi connectivity index (χ2v) is 5.69. The van der Waals surface area contributed by atoms with Crippen LogP contribution in [0.4, 0.5) is 0 Å². The van der Waals surface area contributed by atoms with Crippen molar-refractivity contribution in [3.8, 4) is 0 Å². The average molecular weight is 245 g/mol. The van der Waals surface area contributed by atoms with Gasteiger partial charge in [-0.2, -0.15) is 0 Å². The third-order valence-corrected chi connectivity index (χ3v) is 4.48. The molecule has 3 rings (SSSR count). The van der Waals surface area contributed by atoms with Crippen molar-refractivity contribution in [2.45, 2.75) is 44.8 Å². The average Bonchev–Trinajstić information content (AvgIpc) is 3.01. The van der Waals surface area contributed by atoms with Crippen LogP contribution in [0.25, 0.3) is 0 Å². The number of nitrogens with zero attached hydrogens (tertiary/aromatic N) is 2. The number of pyridine rings is 1. The molecule has 1 aromatic rings. The first-order valence-electron chi connectivity index (χ1n) is 7.23. The summed E-state index contributed by atoms with van der Waals surface area (Å²) in [6.07, 6.45) is 6.05. The Balaban J connectivity index is 1.56. The van der Waals surface area contributed by atoms with E-state index in [-0.39, 0.29) is 0 Å². The molecule has 3 nitrogen and oxygen atoms in total. The Kier molecular flexibility index (Phi) is 3.62. The molecule has 2 bridgehead atoms. The fourth-order valence-corrected chi connectivity index (χ4v) is 3.50. The number of fused-ring (bicyclic) bond motifs is 2. The molecule has 2 fully saturated rings. The molecule has 3 heterocycles. The van der Waals surface area contributed by atoms with Crippen LogP contribution in [0.15, 0.2) is 24.4 Å². The Morgan fingerprint density at radius 2 is 2.33 bits per heavy atom. The number of hydrogen-bond acceptors (Lipinski definition) is 3. The van der Waals surface area contributed by atoms with Crippen LogP contribution in [-0.4, -0.2) is 35.1 Å². The molecule has 2 aliphatic rings. The number of aromatic nitrogens is 1. The normalized spacial score (nSPS) is 30.2. The van der Waals surface area contributed by atoms with Gasteiger partial charge in [-0.15, -0.1) is 0 Å². The molecule has 98 valence electrons. The highest BCUT2D eigenvalue weighted by Crippen LogP contribution is 2.33. The van der Waals surface area contributed by atoms with Gasteiger partial charge in [0.05, 0.1) is 5.69 Å². The lowest BCUT2D eigenvalue weighted by atomic mass is 9.89. The van der Waals surface area contributed by atoms with Crippen molar-refractivity contribution in [3.05, 3.63) is 30.1 Å². The summed E-state index contributed by atoms with van der Waals surface area (Å²) in [5.41, 5.74) is 1.19. The lowest BCUT2D eigenvalue weighted by molar-refractivity contribution is 0.211. The molecule has 1 aromatic heterocycles. The van der Waals surface area contributed by atoms with E-state index in [0.29, 0.717) is 0 Å². The monoisotopic (exact) mass is 245 g/mol. The fraction of sp³-hybridized carbons (Fsp3) is 0.667. The summed E-state index contributed by atoms with van der Waals surface area (Å²) < 4.78 is 0. The van der Waals surface area contributed by atoms with E-state index in [1.165, 1.54) is 31.5 Å². The van der Waals surface area contributed by atoms with Gasteiger partial charge in [0.15, 0.2) is 0 Å². The summed E-state index contributed by atoms with van der Waals surface area (Å²) in [6.45, 7) is 5.58. The van der Waals surface area contributed by atoms with Crippen LogP contribution in [0, 0.1) is 5.92 Å². The highest BCUT2D eigenvalue weighted by atomic mass is 15.1. The summed E-state index contributed by atoms with van der Waals surface area (Å²) in [4.78, 5) is 6.97. The lowest BCUT2D eigenvalue weighted by Crippen LogP contribution is -2.35. The minimum atomic E-state index is 0.785. The molecule has 0 saturated carbocycles. The first-order valence-corrected chi connectivity index (χ1v) is 7.23. The SMILES string of the molecule is CCN(Cc1ccccn1)CC1CC2CCC1N2. The van der Waals surface area contributed by atoms with E-state index in [4.69, 9.17) is 0 Å². The predicted molar refractivity (Wildman–Crippen MR) is 73.2 cm³/mol. The largest absolute Gasteiger partial charge is 0.311 e. The maximum Gasteiger partial charge on any atom is 0.0543 e. The first kappa shape index (κ1) is 12.1. The highest BCUT2D eigenvalue weighted by Gasteiger charge is 2.39. The van der Waals surface area contributed by atoms with Crippen molar-refractivity contribution in [1.29, 1.82) is 0 Å². The van der Waals surface area contributed by atoms with Gasteiger partial charge in [0.1, 0.15) is 0 Å². The van der Waals surface area contributed by atoms with Gasteiger partial charge in [0.2, 0.25) is 0 Å². The Labute approximate surface area is 110 Å². The van der Waals surface area contributed by atoms with E-state index in [2.05, 4.69) is 34.3 Å². The van der Waals surface area contributed by atoms with Crippen molar-refractivity contribution >= 4 is 0 Å². The molecule has 0 amide bonds. The third-order valence-electron chi connectivity index (χ3n) is 4.48. The number of hydrogen-bond donors (Lipinski definition) is 1. The van der Waals surface area contributed by atoms with Crippen LogP contribution in [0.3, 0.4) is 0 Å². The number of rotatable bonds is 5. The molecular weight excluding hydrogens is 222 g/mol. The van der Waals surface area contributed by atoms with Gasteiger partial charge in [-0.25, -0.2) is 0 Å². The van der Waals surface area contributed by atoms with Gasteiger partial charge in [0.25, 0.3) is 0 Å². The fourth-order valence-electron chi connectivity index (χ4n) is 3.50. The van der Waals surface area contributed by atoms with Gasteiger partial charge in [-0.3, -0.25) is 9.88 Å². The van der Waals surface area contributed by atoms with Crippen LogP contribution >= 0.6 is 0 Å². The second kappa shape index (κ2) is 5.37. The molecule has 1 N–H and O–H groups in total. The van der Waals surface area contributed by atoms with Crippen molar-refractivity contribution in [2.24, 2.45) is 5.92 Å². The quantitative estimate of drug-likeness (QED) is 0.860. The van der Waals surface area contributed by atoms with Crippen LogP contribution in [0.2, 0.25) is 0 Å². The highest BCUT2D eigenvalue weighted by molar-refractivity contribution is 5.04. The lowest BCUT2D eigenvalue weighted by Gasteiger charge is -2.28. The molecule has 3 unspecified atom stereocenters. The molecular formula is C15H23N3. The molecule has 2 aliphatic heterocycles. The van der Waals surface area contributed by atoms with Crippen molar-refractivity contribution in [2.75, 3.05) is 13.1 Å². The summed E-state index contributed by atoms with van der Waals surface area (Å²) >= 11 is 0. The predicted octanol–water partition coefficient (Wildman–Crippen LogP) is 2.04. The Bertz CT molecular complexity index is 379. The Morgan fingerprint density at radius 1 is 1.39 bits per heavy atom. The van der Waals surface area contributed by atoms with E-state index >= 15 is 0 Å². The summed E-state index contributed by atoms with van der Waals surface area (Å²) in [5, 5.41) is 3.73. The third kappa shape index (κ3) is 2.57. The Hall–Kier alpha value is -0.930. The van der Waals surface area contributed by atoms with Crippen molar-refractivity contribution in [3.63, 3.8) is 0 Å². The topological polar surface area (TPSA) is 28.2 Å². The van der Waals surface area contributed by atoms with Crippen LogP contribution in [0.1, 0.15) is 31.9 Å². The van der Waals surface area contributed by atoms with Crippen LogP contribution in [-0.2, 0) is 6.54 Å². The summed E-state index contributed by atoms with van der Waals surface area (Å²) in [6, 6.07) is 7.79. The summed E-state index contributed by atoms with van der Waals surface area (Å²) in [7, 11) is 0. The zero-order valence-electron chi connectivity index (χ0n) is 11.2. The molecule has 0 spiro atoms. The van der Waals surface area contributed by atoms with E-state index < -0.39 is 0 Å². The van der Waals surface area contributed by atoms with Gasteiger partial charge in [-0.05, 0) is 43.9 Å². The van der Waals surface area contributed by atoms with Crippen molar-refractivity contribution < 1.29 is 0 Å². The first-order chi connectivity index (χ1) is 8.85. The van der Waals surface area contributed by atoms with E-state index in [1.807, 2.05) is 12.3 Å². The van der Waals surface area contributed by atoms with Gasteiger partial charge >= 0.3 is 0 Å². The number of nitrogens with one attached hydrogen (secondary N) is 1. The minimum Gasteiger partial charge on any atom is -0.311 e. The second-order valence-electron chi connectivity index (χ2n) is 5.69. The molecule has 3 atom stereocenters. The maximum atomic E-state index is 4.43. The van der Waals surface area contributed by atoms with E-state index in [9.17, 15) is 0 Å². The van der Waals surface area contributed by atoms with Gasteiger partial charge < -0.3 is 5.32 Å². The standard InChI is InChI=1S/C15H23N3/c1-2-18(11-14-5-3-4-8-16-14)10-12-9-13-6-7-15(12)17-13/h3-5,8,12-13,15,17H,2,6-7,9-11H2,1H3. The zero-order chi connectivity index (χ0) is 12.4. The molecule has 0 aromatic carbocycles. The Morgan fingerprint density at radius 3 is 2.94 bits per heavy atom. The zero-order valence-corrected chi connectivity index (χ0v) is 11.2. The van der Waals surface area contributed by atoms with E-state index in [1.54, 1.807) is 0 Å². The minimum absolute atomic E-state index is 0.785. The summed E-state index contributed by atoms with van der Waals surface area (Å²) in [5.74, 6) is 0.854. The maximum absolute atomic E-state index is 4.43. The molecule has 2 saturated heterocycles. The van der Waals surface area contributed by atoms with Crippen molar-refractivity contribution in [1.82, 2.24) is 15.2 Å². The van der Waals surface area contributed by atoms with Crippen LogP contribution < -0.4 is 5.32 Å². The van der Waals surface area contributed by atoms with Gasteiger partial charge in [-0.1, -0.05) is 13.0 Å². The molecule has 18 heavy (non-hydrogen) atoms.